The molecule has 98 valence electrons. The van der Waals surface area contributed by atoms with Gasteiger partial charge in [-0.3, -0.25) is 4.84 Å². The Hall–Kier alpha value is -0.940. The summed E-state index contributed by atoms with van der Waals surface area (Å²) in [5.41, 5.74) is 2.70. The Kier molecular flexibility index (Phi) is 3.11. The molecule has 2 aliphatic rings. The van der Waals surface area contributed by atoms with Crippen LogP contribution < -0.4 is 0 Å². The highest BCUT2D eigenvalue weighted by Gasteiger charge is 2.33. The van der Waals surface area contributed by atoms with Crippen molar-refractivity contribution < 1.29 is 14.3 Å². The summed E-state index contributed by atoms with van der Waals surface area (Å²) in [6, 6.07) is 8.44. The van der Waals surface area contributed by atoms with Crippen molar-refractivity contribution in [2.24, 2.45) is 0 Å². The zero-order valence-corrected chi connectivity index (χ0v) is 10.9. The first-order chi connectivity index (χ1) is 8.62. The maximum Gasteiger partial charge on any atom is 0.163 e. The summed E-state index contributed by atoms with van der Waals surface area (Å²) in [6.07, 6.45) is 0.0312. The third kappa shape index (κ3) is 2.57. The Morgan fingerprint density at radius 1 is 1.28 bits per heavy atom. The first kappa shape index (κ1) is 12.1. The van der Waals surface area contributed by atoms with Crippen LogP contribution in [0, 0.1) is 0 Å². The van der Waals surface area contributed by atoms with Crippen LogP contribution in [-0.4, -0.2) is 30.2 Å². The summed E-state index contributed by atoms with van der Waals surface area (Å²) in [6.45, 7) is 6.73. The Morgan fingerprint density at radius 3 is 2.50 bits per heavy atom. The molecule has 0 N–H and O–H groups in total. The zero-order valence-electron chi connectivity index (χ0n) is 10.9. The quantitative estimate of drug-likeness (QED) is 0.820. The minimum absolute atomic E-state index is 0.0312. The monoisotopic (exact) mass is 249 g/mol. The lowest BCUT2D eigenvalue weighted by Gasteiger charge is -2.19. The molecule has 1 aromatic carbocycles. The highest BCUT2D eigenvalue weighted by Crippen LogP contribution is 2.25. The van der Waals surface area contributed by atoms with Gasteiger partial charge in [0.05, 0.1) is 13.2 Å². The van der Waals surface area contributed by atoms with Gasteiger partial charge in [0.1, 0.15) is 6.10 Å². The largest absolute Gasteiger partial charge is 0.348 e. The highest BCUT2D eigenvalue weighted by molar-refractivity contribution is 5.29. The summed E-state index contributed by atoms with van der Waals surface area (Å²) >= 11 is 0. The van der Waals surface area contributed by atoms with Crippen molar-refractivity contribution in [3.05, 3.63) is 35.4 Å². The molecular formula is C14H19NO3. The number of benzene rings is 1. The number of nitrogens with zero attached hydrogens (tertiary/aromatic N) is 1. The molecule has 0 radical (unpaired) electrons. The van der Waals surface area contributed by atoms with E-state index in [9.17, 15) is 0 Å². The van der Waals surface area contributed by atoms with Gasteiger partial charge in [0.25, 0.3) is 0 Å². The van der Waals surface area contributed by atoms with Crippen LogP contribution in [0.2, 0.25) is 0 Å². The van der Waals surface area contributed by atoms with Crippen molar-refractivity contribution in [3.8, 4) is 0 Å². The Labute approximate surface area is 107 Å². The molecule has 0 saturated carbocycles. The molecule has 18 heavy (non-hydrogen) atoms. The third-order valence-corrected chi connectivity index (χ3v) is 3.32. The topological polar surface area (TPSA) is 30.9 Å². The van der Waals surface area contributed by atoms with Crippen molar-refractivity contribution in [1.29, 1.82) is 0 Å². The number of fused-ring (bicyclic) bond motifs is 1. The predicted molar refractivity (Wildman–Crippen MR) is 66.5 cm³/mol. The van der Waals surface area contributed by atoms with Crippen LogP contribution in [-0.2, 0) is 27.4 Å². The van der Waals surface area contributed by atoms with E-state index in [0.717, 1.165) is 13.1 Å². The summed E-state index contributed by atoms with van der Waals surface area (Å²) in [4.78, 5) is 5.79. The molecule has 4 heteroatoms. The van der Waals surface area contributed by atoms with E-state index in [1.165, 1.54) is 11.1 Å². The lowest BCUT2D eigenvalue weighted by Crippen LogP contribution is -2.28. The predicted octanol–water partition coefficient (Wildman–Crippen LogP) is 2.09. The van der Waals surface area contributed by atoms with Crippen LogP contribution in [0.4, 0.5) is 0 Å². The van der Waals surface area contributed by atoms with Gasteiger partial charge in [-0.15, -0.1) is 0 Å². The fourth-order valence-electron chi connectivity index (χ4n) is 2.43. The van der Waals surface area contributed by atoms with Gasteiger partial charge >= 0.3 is 0 Å². The normalized spacial score (nSPS) is 26.4. The van der Waals surface area contributed by atoms with Crippen molar-refractivity contribution in [1.82, 2.24) is 5.06 Å². The van der Waals surface area contributed by atoms with Gasteiger partial charge in [-0.05, 0) is 25.0 Å². The average molecular weight is 249 g/mol. The minimum Gasteiger partial charge on any atom is -0.348 e. The Morgan fingerprint density at radius 2 is 1.94 bits per heavy atom. The van der Waals surface area contributed by atoms with Gasteiger partial charge in [-0.25, -0.2) is 0 Å². The maximum absolute atomic E-state index is 5.79. The van der Waals surface area contributed by atoms with Gasteiger partial charge in [-0.1, -0.05) is 24.3 Å². The van der Waals surface area contributed by atoms with Crippen molar-refractivity contribution >= 4 is 0 Å². The van der Waals surface area contributed by atoms with Gasteiger partial charge in [0, 0.05) is 13.1 Å². The van der Waals surface area contributed by atoms with E-state index in [1.807, 2.05) is 18.9 Å². The molecular weight excluding hydrogens is 230 g/mol. The lowest BCUT2D eigenvalue weighted by atomic mass is 10.1. The van der Waals surface area contributed by atoms with Gasteiger partial charge < -0.3 is 9.47 Å². The smallest absolute Gasteiger partial charge is 0.163 e. The fourth-order valence-corrected chi connectivity index (χ4v) is 2.43. The van der Waals surface area contributed by atoms with E-state index in [-0.39, 0.29) is 6.10 Å². The lowest BCUT2D eigenvalue weighted by molar-refractivity contribution is -0.200. The molecule has 0 aromatic heterocycles. The second-order valence-electron chi connectivity index (χ2n) is 5.31. The molecule has 0 unspecified atom stereocenters. The molecule has 0 bridgehead atoms. The number of hydrogen-bond donors (Lipinski definition) is 0. The van der Waals surface area contributed by atoms with Gasteiger partial charge in [-0.2, -0.15) is 5.06 Å². The molecule has 1 atom stereocenters. The van der Waals surface area contributed by atoms with E-state index in [2.05, 4.69) is 24.3 Å². The number of hydrogen-bond acceptors (Lipinski definition) is 4. The van der Waals surface area contributed by atoms with Crippen LogP contribution in [0.25, 0.3) is 0 Å². The minimum atomic E-state index is -0.470. The average Bonchev–Trinajstić information content (AvgIpc) is 2.89. The Balaban J connectivity index is 1.49. The third-order valence-electron chi connectivity index (χ3n) is 3.32. The molecule has 2 heterocycles. The van der Waals surface area contributed by atoms with Crippen molar-refractivity contribution in [2.45, 2.75) is 38.8 Å². The van der Waals surface area contributed by atoms with Gasteiger partial charge in [0.2, 0.25) is 0 Å². The van der Waals surface area contributed by atoms with Crippen molar-refractivity contribution in [2.75, 3.05) is 13.2 Å². The molecule has 1 aromatic rings. The molecule has 2 aliphatic heterocycles. The number of rotatable bonds is 3. The van der Waals surface area contributed by atoms with Crippen molar-refractivity contribution in [3.63, 3.8) is 0 Å². The first-order valence-electron chi connectivity index (χ1n) is 6.39. The molecule has 0 aliphatic carbocycles. The van der Waals surface area contributed by atoms with E-state index >= 15 is 0 Å². The molecule has 4 nitrogen and oxygen atoms in total. The van der Waals surface area contributed by atoms with E-state index < -0.39 is 5.79 Å². The Bertz CT molecular complexity index is 408. The molecule has 1 fully saturated rings. The SMILES string of the molecule is CC1(C)OC[C@H](CON2Cc3ccccc3C2)O1. The van der Waals surface area contributed by atoms with Crippen LogP contribution in [0.3, 0.4) is 0 Å². The summed E-state index contributed by atoms with van der Waals surface area (Å²) in [5.74, 6) is -0.470. The molecule has 3 rings (SSSR count). The second kappa shape index (κ2) is 4.63. The van der Waals surface area contributed by atoms with Gasteiger partial charge in [0.15, 0.2) is 5.79 Å². The van der Waals surface area contributed by atoms with Crippen LogP contribution in [0.1, 0.15) is 25.0 Å². The fraction of sp³-hybridized carbons (Fsp3) is 0.571. The first-order valence-corrected chi connectivity index (χ1v) is 6.39. The molecule has 1 saturated heterocycles. The maximum atomic E-state index is 5.79. The van der Waals surface area contributed by atoms with E-state index in [1.54, 1.807) is 0 Å². The number of ether oxygens (including phenoxy) is 2. The summed E-state index contributed by atoms with van der Waals surface area (Å²) in [7, 11) is 0. The second-order valence-corrected chi connectivity index (χ2v) is 5.31. The molecule has 0 amide bonds. The molecule has 0 spiro atoms. The summed E-state index contributed by atoms with van der Waals surface area (Å²) < 4.78 is 11.2. The summed E-state index contributed by atoms with van der Waals surface area (Å²) in [5, 5.41) is 1.99. The van der Waals surface area contributed by atoms with E-state index in [4.69, 9.17) is 14.3 Å². The standard InChI is InChI=1S/C14H19NO3/c1-14(2)16-9-13(18-14)10-17-15-7-11-5-3-4-6-12(11)8-15/h3-6,13H,7-10H2,1-2H3/t13-/m1/s1. The van der Waals surface area contributed by atoms with Crippen LogP contribution in [0.5, 0.6) is 0 Å². The van der Waals surface area contributed by atoms with E-state index in [0.29, 0.717) is 13.2 Å². The zero-order chi connectivity index (χ0) is 12.6. The number of hydroxylamine groups is 2. The highest BCUT2D eigenvalue weighted by atomic mass is 16.8. The van der Waals surface area contributed by atoms with Crippen LogP contribution in [0.15, 0.2) is 24.3 Å². The van der Waals surface area contributed by atoms with Crippen LogP contribution >= 0.6 is 0 Å².